The second-order valence-electron chi connectivity index (χ2n) is 8.11. The van der Waals surface area contributed by atoms with Crippen molar-refractivity contribution in [2.24, 2.45) is 0 Å². The normalized spacial score (nSPS) is 13.4. The minimum atomic E-state index is -0.0407. The molecule has 0 radical (unpaired) electrons. The first-order valence-corrected chi connectivity index (χ1v) is 10.3. The second-order valence-corrected chi connectivity index (χ2v) is 8.11. The average molecular weight is 393 g/mol. The van der Waals surface area contributed by atoms with E-state index in [9.17, 15) is 4.79 Å². The van der Waals surface area contributed by atoms with Crippen LogP contribution < -0.4 is 5.32 Å². The Bertz CT molecular complexity index is 1270. The van der Waals surface area contributed by atoms with Crippen LogP contribution >= 0.6 is 0 Å². The van der Waals surface area contributed by atoms with Gasteiger partial charge < -0.3 is 5.32 Å². The number of rotatable bonds is 4. The quantitative estimate of drug-likeness (QED) is 0.500. The van der Waals surface area contributed by atoms with Crippen LogP contribution in [0.3, 0.4) is 0 Å². The van der Waals surface area contributed by atoms with Crippen LogP contribution in [0.25, 0.3) is 33.5 Å². The number of carbonyl (C=O) groups excluding carboxylic acids is 1. The molecule has 0 atom stereocenters. The topological polar surface area (TPSA) is 54.9 Å². The first kappa shape index (κ1) is 18.5. The molecule has 1 aromatic heterocycles. The first-order valence-electron chi connectivity index (χ1n) is 10.3. The molecule has 0 unspecified atom stereocenters. The lowest BCUT2D eigenvalue weighted by Crippen LogP contribution is -2.25. The van der Waals surface area contributed by atoms with Crippen LogP contribution in [-0.4, -0.2) is 21.9 Å². The fourth-order valence-electron chi connectivity index (χ4n) is 3.68. The fourth-order valence-corrected chi connectivity index (χ4v) is 3.68. The number of aryl methyl sites for hydroxylation is 2. The smallest absolute Gasteiger partial charge is 0.251 e. The summed E-state index contributed by atoms with van der Waals surface area (Å²) >= 11 is 0. The Morgan fingerprint density at radius 2 is 1.40 bits per heavy atom. The maximum atomic E-state index is 12.5. The molecule has 1 N–H and O–H groups in total. The van der Waals surface area contributed by atoms with Crippen molar-refractivity contribution in [3.8, 4) is 22.5 Å². The number of fused-ring (bicyclic) bond motifs is 1. The highest BCUT2D eigenvalue weighted by molar-refractivity contribution is 5.98. The lowest BCUT2D eigenvalue weighted by Gasteiger charge is -2.12. The highest BCUT2D eigenvalue weighted by atomic mass is 16.1. The van der Waals surface area contributed by atoms with Gasteiger partial charge in [-0.25, -0.2) is 9.97 Å². The summed E-state index contributed by atoms with van der Waals surface area (Å²) in [5.41, 5.74) is 8.23. The van der Waals surface area contributed by atoms with E-state index in [1.807, 2.05) is 30.3 Å². The van der Waals surface area contributed by atoms with E-state index in [4.69, 9.17) is 9.97 Å². The molecule has 148 valence electrons. The molecule has 0 saturated heterocycles. The van der Waals surface area contributed by atoms with Gasteiger partial charge in [-0.2, -0.15) is 0 Å². The lowest BCUT2D eigenvalue weighted by atomic mass is 10.0. The van der Waals surface area contributed by atoms with E-state index in [-0.39, 0.29) is 5.91 Å². The Kier molecular flexibility index (Phi) is 4.55. The molecular weight excluding hydrogens is 370 g/mol. The molecule has 1 amide bonds. The van der Waals surface area contributed by atoms with E-state index < -0.39 is 0 Å². The highest BCUT2D eigenvalue weighted by Gasteiger charge is 2.24. The molecule has 4 aromatic rings. The Morgan fingerprint density at radius 3 is 1.97 bits per heavy atom. The molecule has 3 aromatic carbocycles. The monoisotopic (exact) mass is 393 g/mol. The fraction of sp³-hybridized carbons (Fsp3) is 0.192. The molecule has 1 aliphatic carbocycles. The predicted octanol–water partition coefficient (Wildman–Crippen LogP) is 5.47. The largest absolute Gasteiger partial charge is 0.349 e. The molecule has 5 rings (SSSR count). The van der Waals surface area contributed by atoms with Crippen molar-refractivity contribution in [2.75, 3.05) is 0 Å². The summed E-state index contributed by atoms with van der Waals surface area (Å²) in [6.07, 6.45) is 2.13. The zero-order valence-corrected chi connectivity index (χ0v) is 17.1. The standard InChI is InChI=1S/C26H23N3O/c1-16-5-3-7-18(13-16)24-25(19-8-4-6-17(2)14-19)29-23-15-20(9-12-22(23)28-24)26(30)27-21-10-11-21/h3-9,12-15,21H,10-11H2,1-2H3,(H,27,30). The molecule has 1 aliphatic rings. The zero-order valence-electron chi connectivity index (χ0n) is 17.1. The molecule has 1 fully saturated rings. The predicted molar refractivity (Wildman–Crippen MR) is 120 cm³/mol. The number of amides is 1. The van der Waals surface area contributed by atoms with Crippen LogP contribution in [-0.2, 0) is 0 Å². The third kappa shape index (κ3) is 3.69. The summed E-state index contributed by atoms with van der Waals surface area (Å²) in [7, 11) is 0. The molecule has 0 aliphatic heterocycles. The van der Waals surface area contributed by atoms with Gasteiger partial charge in [-0.1, -0.05) is 47.5 Å². The summed E-state index contributed by atoms with van der Waals surface area (Å²) < 4.78 is 0. The number of aromatic nitrogens is 2. The van der Waals surface area contributed by atoms with Gasteiger partial charge in [0.15, 0.2) is 0 Å². The third-order valence-corrected chi connectivity index (χ3v) is 5.42. The van der Waals surface area contributed by atoms with Crippen LogP contribution in [0.1, 0.15) is 34.3 Å². The number of nitrogens with one attached hydrogen (secondary N) is 1. The van der Waals surface area contributed by atoms with Crippen LogP contribution in [0.5, 0.6) is 0 Å². The molecule has 4 heteroatoms. The Hall–Kier alpha value is -3.53. The van der Waals surface area contributed by atoms with Gasteiger partial charge in [-0.3, -0.25) is 4.79 Å². The lowest BCUT2D eigenvalue weighted by molar-refractivity contribution is 0.0951. The maximum absolute atomic E-state index is 12.5. The number of carbonyl (C=O) groups is 1. The van der Waals surface area contributed by atoms with Gasteiger partial charge in [0, 0.05) is 22.7 Å². The molecule has 1 saturated carbocycles. The van der Waals surface area contributed by atoms with Gasteiger partial charge in [0.1, 0.15) is 0 Å². The van der Waals surface area contributed by atoms with Crippen molar-refractivity contribution in [3.05, 3.63) is 83.4 Å². The number of benzene rings is 3. The van der Waals surface area contributed by atoms with Gasteiger partial charge in [0.2, 0.25) is 0 Å². The van der Waals surface area contributed by atoms with Crippen molar-refractivity contribution >= 4 is 16.9 Å². The first-order chi connectivity index (χ1) is 14.6. The van der Waals surface area contributed by atoms with Gasteiger partial charge >= 0.3 is 0 Å². The SMILES string of the molecule is Cc1cccc(-c2nc3ccc(C(=O)NC4CC4)cc3nc2-c2cccc(C)c2)c1. The number of hydrogen-bond acceptors (Lipinski definition) is 3. The maximum Gasteiger partial charge on any atom is 0.251 e. The molecule has 0 bridgehead atoms. The summed E-state index contributed by atoms with van der Waals surface area (Å²) in [6, 6.07) is 22.5. The van der Waals surface area contributed by atoms with Gasteiger partial charge in [-0.05, 0) is 57.0 Å². The van der Waals surface area contributed by atoms with Crippen molar-refractivity contribution in [2.45, 2.75) is 32.7 Å². The van der Waals surface area contributed by atoms with Crippen LogP contribution in [0.2, 0.25) is 0 Å². The van der Waals surface area contributed by atoms with Crippen LogP contribution in [0.4, 0.5) is 0 Å². The summed E-state index contributed by atoms with van der Waals surface area (Å²) in [5, 5.41) is 3.04. The minimum absolute atomic E-state index is 0.0407. The Balaban J connectivity index is 1.69. The van der Waals surface area contributed by atoms with Crippen LogP contribution in [0.15, 0.2) is 66.7 Å². The number of hydrogen-bond donors (Lipinski definition) is 1. The van der Waals surface area contributed by atoms with E-state index >= 15 is 0 Å². The van der Waals surface area contributed by atoms with Gasteiger partial charge in [0.25, 0.3) is 5.91 Å². The van der Waals surface area contributed by atoms with Crippen LogP contribution in [0, 0.1) is 13.8 Å². The van der Waals surface area contributed by atoms with E-state index in [0.717, 1.165) is 46.4 Å². The van der Waals surface area contributed by atoms with Crippen molar-refractivity contribution in [3.63, 3.8) is 0 Å². The van der Waals surface area contributed by atoms with E-state index in [1.54, 1.807) is 0 Å². The third-order valence-electron chi connectivity index (χ3n) is 5.42. The van der Waals surface area contributed by atoms with Crippen molar-refractivity contribution in [1.29, 1.82) is 0 Å². The summed E-state index contributed by atoms with van der Waals surface area (Å²) in [5.74, 6) is -0.0407. The van der Waals surface area contributed by atoms with Gasteiger partial charge in [-0.15, -0.1) is 0 Å². The highest BCUT2D eigenvalue weighted by Crippen LogP contribution is 2.32. The number of nitrogens with zero attached hydrogens (tertiary/aromatic N) is 2. The van der Waals surface area contributed by atoms with Gasteiger partial charge in [0.05, 0.1) is 22.4 Å². The zero-order chi connectivity index (χ0) is 20.7. The molecule has 4 nitrogen and oxygen atoms in total. The summed E-state index contributed by atoms with van der Waals surface area (Å²) in [4.78, 5) is 22.5. The molecule has 0 spiro atoms. The van der Waals surface area contributed by atoms with E-state index in [0.29, 0.717) is 11.6 Å². The molecule has 30 heavy (non-hydrogen) atoms. The average Bonchev–Trinajstić information content (AvgIpc) is 3.56. The second kappa shape index (κ2) is 7.38. The van der Waals surface area contributed by atoms with Crippen molar-refractivity contribution < 1.29 is 4.79 Å². The van der Waals surface area contributed by atoms with E-state index in [2.05, 4.69) is 55.6 Å². The Labute approximate surface area is 176 Å². The Morgan fingerprint density at radius 1 is 0.800 bits per heavy atom. The van der Waals surface area contributed by atoms with Crippen molar-refractivity contribution in [1.82, 2.24) is 15.3 Å². The molecular formula is C26H23N3O. The molecule has 1 heterocycles. The minimum Gasteiger partial charge on any atom is -0.349 e. The summed E-state index contributed by atoms with van der Waals surface area (Å²) in [6.45, 7) is 4.15. The van der Waals surface area contributed by atoms with E-state index in [1.165, 1.54) is 11.1 Å².